The van der Waals surface area contributed by atoms with E-state index in [1.54, 1.807) is 25.1 Å². The van der Waals surface area contributed by atoms with Crippen LogP contribution in [0.5, 0.6) is 0 Å². The number of aliphatic hydroxyl groups excluding tert-OH is 1. The van der Waals surface area contributed by atoms with Gasteiger partial charge < -0.3 is 10.8 Å². The molecule has 74 valence electrons. The molecule has 0 aliphatic rings. The molecule has 0 radical (unpaired) electrons. The van der Waals surface area contributed by atoms with E-state index in [2.05, 4.69) is 6.07 Å². The van der Waals surface area contributed by atoms with Gasteiger partial charge in [0.1, 0.15) is 0 Å². The maximum atomic E-state index is 9.34. The third kappa shape index (κ3) is 2.11. The van der Waals surface area contributed by atoms with Crippen LogP contribution in [0.15, 0.2) is 18.2 Å². The van der Waals surface area contributed by atoms with Gasteiger partial charge in [-0.05, 0) is 37.1 Å². The smallest absolute Gasteiger partial charge is 0.0991 e. The number of hydrogen-bond acceptors (Lipinski definition) is 3. The number of nitrogens with zero attached hydrogens (tertiary/aromatic N) is 1. The van der Waals surface area contributed by atoms with Gasteiger partial charge in [-0.3, -0.25) is 0 Å². The van der Waals surface area contributed by atoms with E-state index in [9.17, 15) is 5.11 Å². The molecule has 3 nitrogen and oxygen atoms in total. The molecule has 1 aromatic rings. The number of hydrogen-bond donors (Lipinski definition) is 2. The molecule has 0 saturated carbocycles. The molecule has 1 rings (SSSR count). The van der Waals surface area contributed by atoms with Gasteiger partial charge in [-0.1, -0.05) is 6.07 Å². The second kappa shape index (κ2) is 4.23. The molecule has 3 heteroatoms. The Morgan fingerprint density at radius 2 is 2.14 bits per heavy atom. The Kier molecular flexibility index (Phi) is 3.23. The van der Waals surface area contributed by atoms with Crippen molar-refractivity contribution in [1.82, 2.24) is 0 Å². The van der Waals surface area contributed by atoms with Crippen molar-refractivity contribution < 1.29 is 5.11 Å². The molecule has 0 unspecified atom stereocenters. The van der Waals surface area contributed by atoms with Gasteiger partial charge in [0.05, 0.1) is 23.8 Å². The van der Waals surface area contributed by atoms with Crippen LogP contribution in [0.3, 0.4) is 0 Å². The zero-order valence-electron chi connectivity index (χ0n) is 8.36. The van der Waals surface area contributed by atoms with Crippen molar-refractivity contribution in [2.75, 3.05) is 0 Å². The molecule has 14 heavy (non-hydrogen) atoms. The van der Waals surface area contributed by atoms with Gasteiger partial charge in [-0.15, -0.1) is 0 Å². The quantitative estimate of drug-likeness (QED) is 0.737. The van der Waals surface area contributed by atoms with Crippen molar-refractivity contribution in [3.05, 3.63) is 34.9 Å². The molecule has 0 saturated heterocycles. The standard InChI is InChI=1S/C11H14N2O/c1-7-5-9(6-12)3-4-10(7)11(13)8(2)14/h3-5,8,11,14H,13H2,1-2H3/t8-,11+/m1/s1. The molecule has 0 bridgehead atoms. The van der Waals surface area contributed by atoms with Gasteiger partial charge >= 0.3 is 0 Å². The summed E-state index contributed by atoms with van der Waals surface area (Å²) in [4.78, 5) is 0. The van der Waals surface area contributed by atoms with E-state index in [-0.39, 0.29) is 6.04 Å². The summed E-state index contributed by atoms with van der Waals surface area (Å²) in [7, 11) is 0. The average molecular weight is 190 g/mol. The van der Waals surface area contributed by atoms with E-state index >= 15 is 0 Å². The lowest BCUT2D eigenvalue weighted by Crippen LogP contribution is -2.23. The number of aliphatic hydroxyl groups is 1. The predicted molar refractivity (Wildman–Crippen MR) is 54.5 cm³/mol. The fourth-order valence-corrected chi connectivity index (χ4v) is 1.38. The molecule has 0 heterocycles. The lowest BCUT2D eigenvalue weighted by Gasteiger charge is -2.17. The van der Waals surface area contributed by atoms with Crippen LogP contribution in [-0.2, 0) is 0 Å². The van der Waals surface area contributed by atoms with Gasteiger partial charge in [-0.2, -0.15) is 5.26 Å². The fraction of sp³-hybridized carbons (Fsp3) is 0.364. The normalized spacial score (nSPS) is 14.5. The summed E-state index contributed by atoms with van der Waals surface area (Å²) in [6, 6.07) is 6.96. The van der Waals surface area contributed by atoms with Crippen molar-refractivity contribution in [3.63, 3.8) is 0 Å². The van der Waals surface area contributed by atoms with E-state index < -0.39 is 6.10 Å². The van der Waals surface area contributed by atoms with E-state index in [1.807, 2.05) is 6.92 Å². The summed E-state index contributed by atoms with van der Waals surface area (Å²) in [5.74, 6) is 0. The lowest BCUT2D eigenvalue weighted by atomic mass is 9.97. The SMILES string of the molecule is Cc1cc(C#N)ccc1[C@@H](N)[C@@H](C)O. The summed E-state index contributed by atoms with van der Waals surface area (Å²) in [5.41, 5.74) is 8.24. The van der Waals surface area contributed by atoms with Crippen LogP contribution in [0.2, 0.25) is 0 Å². The topological polar surface area (TPSA) is 70.0 Å². The highest BCUT2D eigenvalue weighted by Crippen LogP contribution is 2.19. The predicted octanol–water partition coefficient (Wildman–Crippen LogP) is 1.25. The third-order valence-electron chi connectivity index (χ3n) is 2.28. The molecule has 0 aliphatic carbocycles. The fourth-order valence-electron chi connectivity index (χ4n) is 1.38. The second-order valence-electron chi connectivity index (χ2n) is 3.45. The summed E-state index contributed by atoms with van der Waals surface area (Å²) < 4.78 is 0. The van der Waals surface area contributed by atoms with E-state index in [1.165, 1.54) is 0 Å². The second-order valence-corrected chi connectivity index (χ2v) is 3.45. The number of nitrogens with two attached hydrogens (primary N) is 1. The van der Waals surface area contributed by atoms with Crippen LogP contribution in [0.25, 0.3) is 0 Å². The van der Waals surface area contributed by atoms with Gasteiger partial charge in [0.25, 0.3) is 0 Å². The molecule has 0 spiro atoms. The monoisotopic (exact) mass is 190 g/mol. The first-order valence-electron chi connectivity index (χ1n) is 4.50. The van der Waals surface area contributed by atoms with Crippen molar-refractivity contribution in [2.45, 2.75) is 26.0 Å². The summed E-state index contributed by atoms with van der Waals surface area (Å²) >= 11 is 0. The van der Waals surface area contributed by atoms with Crippen molar-refractivity contribution in [1.29, 1.82) is 5.26 Å². The van der Waals surface area contributed by atoms with Gasteiger partial charge in [0.15, 0.2) is 0 Å². The summed E-state index contributed by atoms with van der Waals surface area (Å²) in [5, 5.41) is 18.0. The first-order chi connectivity index (χ1) is 6.56. The Morgan fingerprint density at radius 1 is 1.50 bits per heavy atom. The number of rotatable bonds is 2. The number of aryl methyl sites for hydroxylation is 1. The lowest BCUT2D eigenvalue weighted by molar-refractivity contribution is 0.164. The summed E-state index contributed by atoms with van der Waals surface area (Å²) in [6.45, 7) is 3.54. The Hall–Kier alpha value is -1.37. The van der Waals surface area contributed by atoms with Crippen molar-refractivity contribution in [3.8, 4) is 6.07 Å². The van der Waals surface area contributed by atoms with Crippen LogP contribution in [0, 0.1) is 18.3 Å². The highest BCUT2D eigenvalue weighted by atomic mass is 16.3. The molecule has 0 aromatic heterocycles. The maximum Gasteiger partial charge on any atom is 0.0991 e. The maximum absolute atomic E-state index is 9.34. The van der Waals surface area contributed by atoms with Gasteiger partial charge in [-0.25, -0.2) is 0 Å². The van der Waals surface area contributed by atoms with Gasteiger partial charge in [0, 0.05) is 0 Å². The van der Waals surface area contributed by atoms with Crippen LogP contribution >= 0.6 is 0 Å². The van der Waals surface area contributed by atoms with Crippen LogP contribution in [0.1, 0.15) is 29.7 Å². The number of benzene rings is 1. The van der Waals surface area contributed by atoms with Crippen LogP contribution in [0.4, 0.5) is 0 Å². The molecule has 1 aromatic carbocycles. The first kappa shape index (κ1) is 10.7. The largest absolute Gasteiger partial charge is 0.391 e. The Bertz CT molecular complexity index is 366. The molecular formula is C11H14N2O. The zero-order valence-corrected chi connectivity index (χ0v) is 8.36. The summed E-state index contributed by atoms with van der Waals surface area (Å²) in [6.07, 6.45) is -0.582. The number of nitriles is 1. The minimum Gasteiger partial charge on any atom is -0.391 e. The van der Waals surface area contributed by atoms with Crippen molar-refractivity contribution in [2.24, 2.45) is 5.73 Å². The van der Waals surface area contributed by atoms with E-state index in [0.29, 0.717) is 5.56 Å². The molecular weight excluding hydrogens is 176 g/mol. The van der Waals surface area contributed by atoms with Gasteiger partial charge in [0.2, 0.25) is 0 Å². The molecule has 3 N–H and O–H groups in total. The highest BCUT2D eigenvalue weighted by Gasteiger charge is 2.14. The van der Waals surface area contributed by atoms with Crippen LogP contribution < -0.4 is 5.73 Å². The minimum atomic E-state index is -0.582. The third-order valence-corrected chi connectivity index (χ3v) is 2.28. The van der Waals surface area contributed by atoms with Crippen molar-refractivity contribution >= 4 is 0 Å². The minimum absolute atomic E-state index is 0.386. The molecule has 0 fully saturated rings. The molecule has 0 aliphatic heterocycles. The Labute approximate surface area is 83.8 Å². The Morgan fingerprint density at radius 3 is 2.57 bits per heavy atom. The zero-order chi connectivity index (χ0) is 10.7. The molecule has 2 atom stereocenters. The average Bonchev–Trinajstić information content (AvgIpc) is 2.16. The van der Waals surface area contributed by atoms with E-state index in [4.69, 9.17) is 11.0 Å². The molecule has 0 amide bonds. The van der Waals surface area contributed by atoms with Crippen LogP contribution in [-0.4, -0.2) is 11.2 Å². The highest BCUT2D eigenvalue weighted by molar-refractivity contribution is 5.39. The Balaban J connectivity index is 3.07. The van der Waals surface area contributed by atoms with E-state index in [0.717, 1.165) is 11.1 Å². The first-order valence-corrected chi connectivity index (χ1v) is 4.50.